The van der Waals surface area contributed by atoms with Crippen LogP contribution in [0.15, 0.2) is 12.1 Å². The molecule has 0 spiro atoms. The van der Waals surface area contributed by atoms with Crippen LogP contribution in [0.3, 0.4) is 0 Å². The normalized spacial score (nSPS) is 18.5. The van der Waals surface area contributed by atoms with Crippen molar-refractivity contribution in [1.82, 2.24) is 9.88 Å². The number of carbonyl (C=O) groups excluding carboxylic acids is 1. The quantitative estimate of drug-likeness (QED) is 0.775. The van der Waals surface area contributed by atoms with Gasteiger partial charge in [-0.25, -0.2) is 4.79 Å². The van der Waals surface area contributed by atoms with Crippen molar-refractivity contribution in [3.8, 4) is 5.88 Å². The zero-order valence-corrected chi connectivity index (χ0v) is 15.4. The number of hydrogen-bond donors (Lipinski definition) is 0. The lowest BCUT2D eigenvalue weighted by Gasteiger charge is -2.28. The molecule has 1 amide bonds. The van der Waals surface area contributed by atoms with E-state index in [1.807, 2.05) is 44.7 Å². The van der Waals surface area contributed by atoms with Crippen LogP contribution in [0.2, 0.25) is 0 Å². The first-order valence-corrected chi connectivity index (χ1v) is 9.51. The summed E-state index contributed by atoms with van der Waals surface area (Å²) in [6.45, 7) is 9.04. The molecule has 132 valence electrons. The predicted octanol–water partition coefficient (Wildman–Crippen LogP) is 2.76. The van der Waals surface area contributed by atoms with Crippen LogP contribution in [-0.2, 0) is 11.3 Å². The van der Waals surface area contributed by atoms with Crippen LogP contribution in [0.1, 0.15) is 26.3 Å². The summed E-state index contributed by atoms with van der Waals surface area (Å²) in [6, 6.07) is 4.04. The third-order valence-electron chi connectivity index (χ3n) is 3.87. The Morgan fingerprint density at radius 3 is 2.71 bits per heavy atom. The van der Waals surface area contributed by atoms with E-state index in [1.165, 1.54) is 0 Å². The maximum Gasteiger partial charge on any atom is 0.410 e. The number of pyridine rings is 1. The first-order chi connectivity index (χ1) is 11.4. The van der Waals surface area contributed by atoms with E-state index in [1.54, 1.807) is 4.90 Å². The van der Waals surface area contributed by atoms with Gasteiger partial charge in [0.2, 0.25) is 5.88 Å². The zero-order chi connectivity index (χ0) is 17.2. The molecule has 0 N–H and O–H groups in total. The van der Waals surface area contributed by atoms with Crippen molar-refractivity contribution in [3.05, 3.63) is 17.7 Å². The number of aromatic nitrogens is 1. The molecule has 3 heterocycles. The first-order valence-electron chi connectivity index (χ1n) is 8.36. The molecular weight excluding hydrogens is 326 g/mol. The van der Waals surface area contributed by atoms with Crippen LogP contribution in [0, 0.1) is 0 Å². The van der Waals surface area contributed by atoms with Gasteiger partial charge in [0.15, 0.2) is 0 Å². The molecule has 6 nitrogen and oxygen atoms in total. The summed E-state index contributed by atoms with van der Waals surface area (Å²) < 4.78 is 11.3. The van der Waals surface area contributed by atoms with Gasteiger partial charge in [-0.05, 0) is 32.9 Å². The third-order valence-corrected chi connectivity index (χ3v) is 4.81. The van der Waals surface area contributed by atoms with Gasteiger partial charge in [-0.2, -0.15) is 16.7 Å². The lowest BCUT2D eigenvalue weighted by atomic mass is 10.2. The van der Waals surface area contributed by atoms with Gasteiger partial charge >= 0.3 is 6.09 Å². The molecule has 24 heavy (non-hydrogen) atoms. The number of anilines is 1. The average Bonchev–Trinajstić information content (AvgIpc) is 2.75. The molecule has 3 rings (SSSR count). The Morgan fingerprint density at radius 2 is 2.00 bits per heavy atom. The molecule has 7 heteroatoms. The van der Waals surface area contributed by atoms with Crippen molar-refractivity contribution < 1.29 is 14.3 Å². The van der Waals surface area contributed by atoms with Crippen LogP contribution in [0.25, 0.3) is 0 Å². The highest BCUT2D eigenvalue weighted by Gasteiger charge is 2.26. The molecule has 1 fully saturated rings. The van der Waals surface area contributed by atoms with Crippen LogP contribution >= 0.6 is 11.8 Å². The van der Waals surface area contributed by atoms with Gasteiger partial charge in [0.1, 0.15) is 18.0 Å². The van der Waals surface area contributed by atoms with E-state index in [2.05, 4.69) is 9.88 Å². The number of rotatable bonds is 1. The van der Waals surface area contributed by atoms with Crippen LogP contribution in [0.5, 0.6) is 5.88 Å². The predicted molar refractivity (Wildman–Crippen MR) is 95.9 cm³/mol. The maximum absolute atomic E-state index is 12.3. The summed E-state index contributed by atoms with van der Waals surface area (Å²) in [6.07, 6.45) is -0.309. The molecule has 0 aromatic carbocycles. The number of fused-ring (bicyclic) bond motifs is 1. The Balaban J connectivity index is 1.73. The molecule has 0 bridgehead atoms. The maximum atomic E-state index is 12.3. The number of amides is 1. The van der Waals surface area contributed by atoms with Crippen molar-refractivity contribution in [2.45, 2.75) is 32.9 Å². The summed E-state index contributed by atoms with van der Waals surface area (Å²) >= 11 is 1.97. The number of thioether (sulfide) groups is 1. The zero-order valence-electron chi connectivity index (χ0n) is 14.6. The SMILES string of the molecule is CC(C)(C)OC(=O)N1CCOc2nc(N3CCSCC3)ccc2C1. The standard InChI is InChI=1S/C17H25N3O3S/c1-17(2,3)23-16(21)20-6-9-22-15-13(12-20)4-5-14(18-15)19-7-10-24-11-8-19/h4-5H,6-12H2,1-3H3. The lowest BCUT2D eigenvalue weighted by Crippen LogP contribution is -2.37. The molecule has 0 saturated carbocycles. The molecule has 0 radical (unpaired) electrons. The van der Waals surface area contributed by atoms with E-state index in [0.29, 0.717) is 25.6 Å². The Labute approximate surface area is 147 Å². The van der Waals surface area contributed by atoms with Crippen molar-refractivity contribution in [2.75, 3.05) is 42.6 Å². The molecule has 2 aliphatic heterocycles. The largest absolute Gasteiger partial charge is 0.475 e. The topological polar surface area (TPSA) is 54.9 Å². The van der Waals surface area contributed by atoms with E-state index < -0.39 is 5.60 Å². The Hall–Kier alpha value is -1.63. The van der Waals surface area contributed by atoms with E-state index in [9.17, 15) is 4.79 Å². The van der Waals surface area contributed by atoms with E-state index in [-0.39, 0.29) is 6.09 Å². The summed E-state index contributed by atoms with van der Waals surface area (Å²) in [5.41, 5.74) is 0.426. The van der Waals surface area contributed by atoms with Crippen LogP contribution in [-0.4, -0.2) is 59.3 Å². The number of hydrogen-bond acceptors (Lipinski definition) is 6. The van der Waals surface area contributed by atoms with Crippen molar-refractivity contribution >= 4 is 23.7 Å². The highest BCUT2D eigenvalue weighted by molar-refractivity contribution is 7.99. The molecule has 0 atom stereocenters. The Morgan fingerprint density at radius 1 is 1.25 bits per heavy atom. The molecule has 1 saturated heterocycles. The van der Waals surface area contributed by atoms with Crippen LogP contribution < -0.4 is 9.64 Å². The fourth-order valence-corrected chi connectivity index (χ4v) is 3.60. The fourth-order valence-electron chi connectivity index (χ4n) is 2.69. The van der Waals surface area contributed by atoms with Gasteiger partial charge in [-0.15, -0.1) is 0 Å². The molecule has 1 aromatic rings. The molecule has 0 aliphatic carbocycles. The van der Waals surface area contributed by atoms with Gasteiger partial charge < -0.3 is 19.3 Å². The van der Waals surface area contributed by atoms with Crippen molar-refractivity contribution in [3.63, 3.8) is 0 Å². The second kappa shape index (κ2) is 7.09. The second-order valence-electron chi connectivity index (χ2n) is 6.98. The minimum atomic E-state index is -0.499. The smallest absolute Gasteiger partial charge is 0.410 e. The van der Waals surface area contributed by atoms with Gasteiger partial charge in [0.25, 0.3) is 0 Å². The first kappa shape index (κ1) is 17.2. The third kappa shape index (κ3) is 4.26. The Bertz CT molecular complexity index is 597. The van der Waals surface area contributed by atoms with E-state index in [0.717, 1.165) is 36.0 Å². The monoisotopic (exact) mass is 351 g/mol. The summed E-state index contributed by atoms with van der Waals surface area (Å²) in [5, 5.41) is 0. The average molecular weight is 351 g/mol. The van der Waals surface area contributed by atoms with Crippen molar-refractivity contribution in [1.29, 1.82) is 0 Å². The Kier molecular flexibility index (Phi) is 5.08. The van der Waals surface area contributed by atoms with Gasteiger partial charge in [0, 0.05) is 30.2 Å². The van der Waals surface area contributed by atoms with Gasteiger partial charge in [-0.3, -0.25) is 0 Å². The number of ether oxygens (including phenoxy) is 2. The molecule has 0 unspecified atom stereocenters. The highest BCUT2D eigenvalue weighted by atomic mass is 32.2. The fraction of sp³-hybridized carbons (Fsp3) is 0.647. The lowest BCUT2D eigenvalue weighted by molar-refractivity contribution is 0.0225. The van der Waals surface area contributed by atoms with Crippen LogP contribution in [0.4, 0.5) is 10.6 Å². The van der Waals surface area contributed by atoms with Crippen molar-refractivity contribution in [2.24, 2.45) is 0 Å². The summed E-state index contributed by atoms with van der Waals surface area (Å²) in [7, 11) is 0. The number of carbonyl (C=O) groups is 1. The summed E-state index contributed by atoms with van der Waals surface area (Å²) in [5.74, 6) is 3.86. The highest BCUT2D eigenvalue weighted by Crippen LogP contribution is 2.26. The molecular formula is C17H25N3O3S. The van der Waals surface area contributed by atoms with E-state index in [4.69, 9.17) is 9.47 Å². The molecule has 2 aliphatic rings. The second-order valence-corrected chi connectivity index (χ2v) is 8.21. The van der Waals surface area contributed by atoms with E-state index >= 15 is 0 Å². The summed E-state index contributed by atoms with van der Waals surface area (Å²) in [4.78, 5) is 21.0. The van der Waals surface area contributed by atoms with Gasteiger partial charge in [0.05, 0.1) is 13.1 Å². The minimum absolute atomic E-state index is 0.309. The molecule has 1 aromatic heterocycles. The van der Waals surface area contributed by atoms with Gasteiger partial charge in [-0.1, -0.05) is 0 Å². The minimum Gasteiger partial charge on any atom is -0.475 e. The number of nitrogens with zero attached hydrogens (tertiary/aromatic N) is 3.